The second kappa shape index (κ2) is 12.8. The molecule has 2 heterocycles. The Bertz CT molecular complexity index is 2930. The summed E-state index contributed by atoms with van der Waals surface area (Å²) in [5, 5.41) is 2.32. The lowest BCUT2D eigenvalue weighted by atomic mass is 9.69. The molecule has 258 valence electrons. The van der Waals surface area contributed by atoms with Gasteiger partial charge in [0.05, 0.1) is 11.0 Å². The van der Waals surface area contributed by atoms with Crippen molar-refractivity contribution in [3.05, 3.63) is 205 Å². The zero-order valence-electron chi connectivity index (χ0n) is 29.9. The number of aromatic nitrogens is 4. The monoisotopic (exact) mass is 702 g/mol. The van der Waals surface area contributed by atoms with Crippen LogP contribution in [-0.4, -0.2) is 19.5 Å². The van der Waals surface area contributed by atoms with Gasteiger partial charge < -0.3 is 0 Å². The highest BCUT2D eigenvalue weighted by molar-refractivity contribution is 6.16. The second-order valence-corrected chi connectivity index (χ2v) is 14.3. The number of para-hydroxylation sites is 1. The second-order valence-electron chi connectivity index (χ2n) is 14.3. The quantitative estimate of drug-likeness (QED) is 0.179. The molecule has 2 unspecified atom stereocenters. The van der Waals surface area contributed by atoms with Crippen LogP contribution in [0.2, 0.25) is 0 Å². The zero-order valence-corrected chi connectivity index (χ0v) is 29.9. The molecule has 0 bridgehead atoms. The smallest absolute Gasteiger partial charge is 0.238 e. The third-order valence-corrected chi connectivity index (χ3v) is 11.3. The summed E-state index contributed by atoms with van der Waals surface area (Å²) in [7, 11) is 0. The Balaban J connectivity index is 1.12. The van der Waals surface area contributed by atoms with Crippen molar-refractivity contribution in [2.45, 2.75) is 11.8 Å². The molecule has 0 saturated carbocycles. The minimum Gasteiger partial charge on any atom is -0.278 e. The largest absolute Gasteiger partial charge is 0.278 e. The summed E-state index contributed by atoms with van der Waals surface area (Å²) < 4.78 is 2.21. The fourth-order valence-electron chi connectivity index (χ4n) is 8.81. The van der Waals surface area contributed by atoms with E-state index in [0.29, 0.717) is 29.4 Å². The van der Waals surface area contributed by atoms with Gasteiger partial charge in [-0.25, -0.2) is 4.98 Å². The Kier molecular flexibility index (Phi) is 7.27. The molecule has 0 spiro atoms. The maximum Gasteiger partial charge on any atom is 0.238 e. The molecule has 0 amide bonds. The first-order valence-corrected chi connectivity index (χ1v) is 18.9. The van der Waals surface area contributed by atoms with Crippen LogP contribution in [-0.2, 0) is 0 Å². The number of hydrogen-bond donors (Lipinski definition) is 0. The molecule has 2 aliphatic rings. The minimum atomic E-state index is 0.297. The lowest BCUT2D eigenvalue weighted by molar-refractivity contribution is 0.720. The average molecular weight is 703 g/mol. The predicted octanol–water partition coefficient (Wildman–Crippen LogP) is 12.6. The van der Waals surface area contributed by atoms with Crippen LogP contribution >= 0.6 is 0 Å². The van der Waals surface area contributed by atoms with E-state index in [2.05, 4.69) is 162 Å². The van der Waals surface area contributed by atoms with E-state index in [9.17, 15) is 0 Å². The van der Waals surface area contributed by atoms with Crippen molar-refractivity contribution in [3.63, 3.8) is 0 Å². The molecule has 2 aliphatic carbocycles. The van der Waals surface area contributed by atoms with Crippen molar-refractivity contribution in [1.29, 1.82) is 0 Å². The number of rotatable bonds is 5. The third-order valence-electron chi connectivity index (χ3n) is 11.3. The lowest BCUT2D eigenvalue weighted by Crippen LogP contribution is -2.16. The predicted molar refractivity (Wildman–Crippen MR) is 225 cm³/mol. The average Bonchev–Trinajstić information content (AvgIpc) is 3.61. The van der Waals surface area contributed by atoms with Gasteiger partial charge in [-0.15, -0.1) is 0 Å². The zero-order chi connectivity index (χ0) is 36.3. The molecule has 0 radical (unpaired) electrons. The highest BCUT2D eigenvalue weighted by Gasteiger charge is 2.32. The molecule has 9 aromatic rings. The van der Waals surface area contributed by atoms with E-state index < -0.39 is 0 Å². The molecular weight excluding hydrogens is 669 g/mol. The number of benzene rings is 7. The van der Waals surface area contributed by atoms with E-state index in [4.69, 9.17) is 15.0 Å². The summed E-state index contributed by atoms with van der Waals surface area (Å²) in [6, 6.07) is 60.4. The summed E-state index contributed by atoms with van der Waals surface area (Å²) in [5.41, 5.74) is 14.2. The molecule has 11 rings (SSSR count). The summed E-state index contributed by atoms with van der Waals surface area (Å²) in [5.74, 6) is 2.49. The third kappa shape index (κ3) is 5.10. The first-order valence-electron chi connectivity index (χ1n) is 18.9. The lowest BCUT2D eigenvalue weighted by Gasteiger charge is -2.34. The number of hydrogen-bond acceptors (Lipinski definition) is 3. The molecule has 0 saturated heterocycles. The van der Waals surface area contributed by atoms with Crippen molar-refractivity contribution < 1.29 is 0 Å². The molecule has 7 aromatic carbocycles. The standard InChI is InChI=1S/C51H34N4/c1-3-16-33(17-4-1)49-52-50(34-18-5-2-6-19-34)54-51(53-49)55-46-28-14-13-26-44(46)48-43(27-15-29-47(48)55)37-21-8-7-20-36(37)35-30-31-42-40-24-10-9-22-38(40)39-23-11-12-25-41(39)45(42)32-35/h1-32,39,41H. The van der Waals surface area contributed by atoms with E-state index in [1.807, 2.05) is 36.4 Å². The van der Waals surface area contributed by atoms with Crippen molar-refractivity contribution in [1.82, 2.24) is 19.5 Å². The van der Waals surface area contributed by atoms with E-state index in [1.54, 1.807) is 0 Å². The maximum absolute atomic E-state index is 5.16. The Hall–Kier alpha value is -7.17. The molecule has 55 heavy (non-hydrogen) atoms. The molecule has 2 aromatic heterocycles. The van der Waals surface area contributed by atoms with Crippen molar-refractivity contribution >= 4 is 21.8 Å². The van der Waals surface area contributed by atoms with Gasteiger partial charge in [0.15, 0.2) is 11.6 Å². The fourth-order valence-corrected chi connectivity index (χ4v) is 8.81. The van der Waals surface area contributed by atoms with Crippen LogP contribution in [0, 0.1) is 0 Å². The molecule has 4 nitrogen and oxygen atoms in total. The van der Waals surface area contributed by atoms with Crippen molar-refractivity contribution in [3.8, 4) is 62.1 Å². The maximum atomic E-state index is 5.16. The minimum absolute atomic E-state index is 0.297. The Morgan fingerprint density at radius 1 is 0.382 bits per heavy atom. The van der Waals surface area contributed by atoms with E-state index in [-0.39, 0.29) is 0 Å². The number of fused-ring (bicyclic) bond motifs is 9. The van der Waals surface area contributed by atoms with Gasteiger partial charge in [0.2, 0.25) is 5.95 Å². The Labute approximate surface area is 319 Å². The summed E-state index contributed by atoms with van der Waals surface area (Å²) in [4.78, 5) is 15.3. The topological polar surface area (TPSA) is 43.6 Å². The van der Waals surface area contributed by atoms with Gasteiger partial charge in [-0.3, -0.25) is 4.57 Å². The van der Waals surface area contributed by atoms with Crippen LogP contribution in [0.5, 0.6) is 0 Å². The van der Waals surface area contributed by atoms with E-state index >= 15 is 0 Å². The van der Waals surface area contributed by atoms with Crippen LogP contribution in [0.1, 0.15) is 23.0 Å². The summed E-state index contributed by atoms with van der Waals surface area (Å²) in [6.45, 7) is 0. The number of allylic oxidation sites excluding steroid dienone is 4. The van der Waals surface area contributed by atoms with Crippen LogP contribution in [0.25, 0.3) is 83.9 Å². The highest BCUT2D eigenvalue weighted by Crippen LogP contribution is 2.51. The van der Waals surface area contributed by atoms with Gasteiger partial charge in [0.1, 0.15) is 0 Å². The van der Waals surface area contributed by atoms with Gasteiger partial charge in [0.25, 0.3) is 0 Å². The van der Waals surface area contributed by atoms with Gasteiger partial charge in [-0.2, -0.15) is 9.97 Å². The van der Waals surface area contributed by atoms with Gasteiger partial charge in [0, 0.05) is 33.7 Å². The van der Waals surface area contributed by atoms with Crippen molar-refractivity contribution in [2.24, 2.45) is 0 Å². The van der Waals surface area contributed by atoms with Crippen LogP contribution < -0.4 is 0 Å². The van der Waals surface area contributed by atoms with Gasteiger partial charge in [-0.1, -0.05) is 176 Å². The molecule has 2 atom stereocenters. The first kappa shape index (κ1) is 31.4. The molecule has 0 fully saturated rings. The van der Waals surface area contributed by atoms with Crippen LogP contribution in [0.15, 0.2) is 194 Å². The molecular formula is C51H34N4. The Morgan fingerprint density at radius 2 is 0.945 bits per heavy atom. The van der Waals surface area contributed by atoms with Crippen LogP contribution in [0.3, 0.4) is 0 Å². The normalized spacial score (nSPS) is 15.5. The Morgan fingerprint density at radius 3 is 1.69 bits per heavy atom. The van der Waals surface area contributed by atoms with E-state index in [1.165, 1.54) is 49.9 Å². The fraction of sp³-hybridized carbons (Fsp3) is 0.0392. The van der Waals surface area contributed by atoms with Crippen LogP contribution in [0.4, 0.5) is 0 Å². The van der Waals surface area contributed by atoms with Gasteiger partial charge >= 0.3 is 0 Å². The molecule has 0 aliphatic heterocycles. The SMILES string of the molecule is C1=CC2c3ccccc3-c3ccc(-c4ccccc4-c4cccc5c4c4ccccc4n5-c4nc(-c5ccccc5)nc(-c5ccccc5)n4)cc3C2C=C1. The summed E-state index contributed by atoms with van der Waals surface area (Å²) in [6.07, 6.45) is 9.13. The molecule has 4 heteroatoms. The van der Waals surface area contributed by atoms with E-state index in [0.717, 1.165) is 27.5 Å². The first-order chi connectivity index (χ1) is 27.3. The molecule has 0 N–H and O–H groups in total. The van der Waals surface area contributed by atoms with Crippen molar-refractivity contribution in [2.75, 3.05) is 0 Å². The highest BCUT2D eigenvalue weighted by atomic mass is 15.2. The summed E-state index contributed by atoms with van der Waals surface area (Å²) >= 11 is 0. The van der Waals surface area contributed by atoms with Gasteiger partial charge in [-0.05, 0) is 62.7 Å². The number of nitrogens with zero attached hydrogens (tertiary/aromatic N) is 4.